The molecule has 0 aliphatic heterocycles. The second kappa shape index (κ2) is 6.41. The van der Waals surface area contributed by atoms with Gasteiger partial charge < -0.3 is 10.4 Å². The van der Waals surface area contributed by atoms with Crippen LogP contribution in [0.25, 0.3) is 0 Å². The lowest BCUT2D eigenvalue weighted by atomic mass is 10.1. The number of amides is 1. The number of carbonyl (C=O) groups is 2. The summed E-state index contributed by atoms with van der Waals surface area (Å²) in [4.78, 5) is 24.0. The van der Waals surface area contributed by atoms with E-state index in [0.29, 0.717) is 6.42 Å². The summed E-state index contributed by atoms with van der Waals surface area (Å²) in [7, 11) is 0. The number of carboxylic acids is 1. The zero-order valence-electron chi connectivity index (χ0n) is 11.9. The summed E-state index contributed by atoms with van der Waals surface area (Å²) < 4.78 is 37.5. The van der Waals surface area contributed by atoms with E-state index < -0.39 is 23.6 Å². The Kier molecular flexibility index (Phi) is 4.74. The van der Waals surface area contributed by atoms with Crippen LogP contribution in [0, 0.1) is 0 Å². The minimum absolute atomic E-state index is 0.0146. The number of benzene rings is 1. The van der Waals surface area contributed by atoms with Gasteiger partial charge in [-0.1, -0.05) is 6.92 Å². The maximum atomic E-state index is 12.5. The number of carbonyl (C=O) groups excluding carboxylic acids is 1. The van der Waals surface area contributed by atoms with Crippen LogP contribution in [-0.2, 0) is 12.6 Å². The topological polar surface area (TPSA) is 66.4 Å². The summed E-state index contributed by atoms with van der Waals surface area (Å²) in [6.07, 6.45) is -3.86. The van der Waals surface area contributed by atoms with E-state index >= 15 is 0 Å². The Balaban J connectivity index is 2.22. The van der Waals surface area contributed by atoms with Crippen molar-refractivity contribution in [2.75, 3.05) is 5.32 Å². The average molecular weight is 343 g/mol. The van der Waals surface area contributed by atoms with Crippen molar-refractivity contribution in [2.45, 2.75) is 19.5 Å². The fourth-order valence-electron chi connectivity index (χ4n) is 1.85. The summed E-state index contributed by atoms with van der Waals surface area (Å²) in [6.45, 7) is 1.85. The van der Waals surface area contributed by atoms with Gasteiger partial charge in [0.15, 0.2) is 0 Å². The molecule has 1 heterocycles. The summed E-state index contributed by atoms with van der Waals surface area (Å²) in [6, 6.07) is 5.17. The largest absolute Gasteiger partial charge is 0.478 e. The maximum absolute atomic E-state index is 12.5. The molecule has 122 valence electrons. The van der Waals surface area contributed by atoms with Crippen molar-refractivity contribution >= 4 is 28.2 Å². The molecule has 1 amide bonds. The van der Waals surface area contributed by atoms with Crippen molar-refractivity contribution in [3.8, 4) is 0 Å². The molecule has 0 saturated heterocycles. The van der Waals surface area contributed by atoms with Crippen LogP contribution >= 0.6 is 11.3 Å². The van der Waals surface area contributed by atoms with Gasteiger partial charge in [-0.3, -0.25) is 4.79 Å². The number of rotatable bonds is 4. The highest BCUT2D eigenvalue weighted by molar-refractivity contribution is 7.16. The van der Waals surface area contributed by atoms with E-state index in [1.54, 1.807) is 0 Å². The normalized spacial score (nSPS) is 11.3. The van der Waals surface area contributed by atoms with Crippen LogP contribution in [0.3, 0.4) is 0 Å². The summed E-state index contributed by atoms with van der Waals surface area (Å²) in [5.74, 6) is -1.84. The number of hydrogen-bond acceptors (Lipinski definition) is 3. The Hall–Kier alpha value is -2.35. The number of thiophene rings is 1. The number of aryl methyl sites for hydroxylation is 1. The fraction of sp³-hybridized carbons (Fsp3) is 0.200. The molecule has 1 aromatic carbocycles. The number of carboxylic acid groups (broad SMARTS) is 1. The second-order valence-electron chi connectivity index (χ2n) is 4.64. The molecule has 4 nitrogen and oxygen atoms in total. The van der Waals surface area contributed by atoms with Crippen molar-refractivity contribution in [1.82, 2.24) is 0 Å². The third-order valence-corrected chi connectivity index (χ3v) is 4.26. The van der Waals surface area contributed by atoms with Crippen LogP contribution in [0.15, 0.2) is 30.3 Å². The molecule has 0 fully saturated rings. The van der Waals surface area contributed by atoms with Gasteiger partial charge in [-0.25, -0.2) is 4.79 Å². The SMILES string of the molecule is CCc1cc(C(=O)O)c(NC(=O)c2ccc(C(F)(F)F)cc2)s1. The average Bonchev–Trinajstić information content (AvgIpc) is 2.89. The highest BCUT2D eigenvalue weighted by Gasteiger charge is 2.30. The van der Waals surface area contributed by atoms with Crippen LogP contribution in [0.1, 0.15) is 38.1 Å². The lowest BCUT2D eigenvalue weighted by molar-refractivity contribution is -0.137. The molecule has 0 saturated carbocycles. The Morgan fingerprint density at radius 2 is 1.83 bits per heavy atom. The Labute approximate surface area is 133 Å². The minimum Gasteiger partial charge on any atom is -0.478 e. The lowest BCUT2D eigenvalue weighted by Crippen LogP contribution is -2.14. The van der Waals surface area contributed by atoms with Crippen molar-refractivity contribution in [3.05, 3.63) is 51.9 Å². The van der Waals surface area contributed by atoms with Gasteiger partial charge in [0.05, 0.1) is 11.1 Å². The van der Waals surface area contributed by atoms with Crippen LogP contribution in [0.5, 0.6) is 0 Å². The lowest BCUT2D eigenvalue weighted by Gasteiger charge is -2.08. The zero-order valence-corrected chi connectivity index (χ0v) is 12.7. The zero-order chi connectivity index (χ0) is 17.2. The smallest absolute Gasteiger partial charge is 0.416 e. The number of anilines is 1. The molecule has 0 bridgehead atoms. The number of alkyl halides is 3. The first-order chi connectivity index (χ1) is 10.7. The molecule has 0 spiro atoms. The Morgan fingerprint density at radius 3 is 2.30 bits per heavy atom. The number of hydrogen-bond donors (Lipinski definition) is 2. The van der Waals surface area contributed by atoms with Gasteiger partial charge in [0, 0.05) is 10.4 Å². The van der Waals surface area contributed by atoms with Gasteiger partial charge in [0.2, 0.25) is 0 Å². The standard InChI is InChI=1S/C15H12F3NO3S/c1-2-10-7-11(14(21)22)13(23-10)19-12(20)8-3-5-9(6-4-8)15(16,17)18/h3-7H,2H2,1H3,(H,19,20)(H,21,22). The Morgan fingerprint density at radius 1 is 1.22 bits per heavy atom. The van der Waals surface area contributed by atoms with Crippen LogP contribution in [0.4, 0.5) is 18.2 Å². The van der Waals surface area contributed by atoms with Gasteiger partial charge in [0.1, 0.15) is 5.00 Å². The van der Waals surface area contributed by atoms with Crippen LogP contribution < -0.4 is 5.32 Å². The van der Waals surface area contributed by atoms with E-state index in [1.807, 2.05) is 6.92 Å². The first-order valence-corrected chi connectivity index (χ1v) is 7.38. The molecular weight excluding hydrogens is 331 g/mol. The van der Waals surface area contributed by atoms with E-state index in [2.05, 4.69) is 5.32 Å². The molecule has 0 aliphatic rings. The molecule has 2 aromatic rings. The van der Waals surface area contributed by atoms with Gasteiger partial charge in [-0.15, -0.1) is 11.3 Å². The van der Waals surface area contributed by atoms with Gasteiger partial charge in [0.25, 0.3) is 5.91 Å². The number of halogens is 3. The highest BCUT2D eigenvalue weighted by atomic mass is 32.1. The molecule has 0 atom stereocenters. The van der Waals surface area contributed by atoms with E-state index in [1.165, 1.54) is 6.07 Å². The fourth-order valence-corrected chi connectivity index (χ4v) is 2.84. The highest BCUT2D eigenvalue weighted by Crippen LogP contribution is 2.31. The molecule has 23 heavy (non-hydrogen) atoms. The van der Waals surface area contributed by atoms with E-state index in [0.717, 1.165) is 40.5 Å². The molecule has 2 N–H and O–H groups in total. The van der Waals surface area contributed by atoms with Crippen molar-refractivity contribution in [3.63, 3.8) is 0 Å². The van der Waals surface area contributed by atoms with Crippen LogP contribution in [0.2, 0.25) is 0 Å². The molecule has 8 heteroatoms. The predicted octanol–water partition coefficient (Wildman–Crippen LogP) is 4.28. The van der Waals surface area contributed by atoms with E-state index in [9.17, 15) is 22.8 Å². The predicted molar refractivity (Wildman–Crippen MR) is 80.1 cm³/mol. The molecule has 0 unspecified atom stereocenters. The second-order valence-corrected chi connectivity index (χ2v) is 5.78. The molecule has 2 rings (SSSR count). The molecule has 0 radical (unpaired) electrons. The summed E-state index contributed by atoms with van der Waals surface area (Å²) in [5.41, 5.74) is -0.877. The van der Waals surface area contributed by atoms with Crippen molar-refractivity contribution in [2.24, 2.45) is 0 Å². The third kappa shape index (κ3) is 3.89. The Bertz CT molecular complexity index is 735. The van der Waals surface area contributed by atoms with E-state index in [-0.39, 0.29) is 16.1 Å². The number of aromatic carboxylic acids is 1. The minimum atomic E-state index is -4.48. The van der Waals surface area contributed by atoms with Crippen molar-refractivity contribution < 1.29 is 27.9 Å². The first-order valence-electron chi connectivity index (χ1n) is 6.57. The van der Waals surface area contributed by atoms with Gasteiger partial charge in [-0.05, 0) is 36.8 Å². The van der Waals surface area contributed by atoms with Gasteiger partial charge >= 0.3 is 12.1 Å². The van der Waals surface area contributed by atoms with Crippen LogP contribution in [-0.4, -0.2) is 17.0 Å². The van der Waals surface area contributed by atoms with Gasteiger partial charge in [-0.2, -0.15) is 13.2 Å². The number of nitrogens with one attached hydrogen (secondary N) is 1. The summed E-state index contributed by atoms with van der Waals surface area (Å²) >= 11 is 1.13. The monoisotopic (exact) mass is 343 g/mol. The van der Waals surface area contributed by atoms with E-state index in [4.69, 9.17) is 5.11 Å². The summed E-state index contributed by atoms with van der Waals surface area (Å²) in [5, 5.41) is 11.7. The quantitative estimate of drug-likeness (QED) is 0.871. The van der Waals surface area contributed by atoms with Crippen molar-refractivity contribution in [1.29, 1.82) is 0 Å². The third-order valence-electron chi connectivity index (χ3n) is 3.06. The maximum Gasteiger partial charge on any atom is 0.416 e. The molecular formula is C15H12F3NO3S. The molecule has 1 aromatic heterocycles. The molecule has 0 aliphatic carbocycles. The first kappa shape index (κ1) is 17.0.